The largest absolute Gasteiger partial charge is 0.381 e. The summed E-state index contributed by atoms with van der Waals surface area (Å²) in [6.45, 7) is 3.63. The number of alkyl halides is 1. The molecule has 34 heavy (non-hydrogen) atoms. The molecule has 8 nitrogen and oxygen atoms in total. The van der Waals surface area contributed by atoms with E-state index in [9.17, 15) is 4.79 Å². The van der Waals surface area contributed by atoms with Crippen LogP contribution in [-0.2, 0) is 9.53 Å². The van der Waals surface area contributed by atoms with Gasteiger partial charge in [-0.15, -0.1) is 11.6 Å². The molecule has 0 aromatic heterocycles. The first-order valence-electron chi connectivity index (χ1n) is 13.5. The maximum atomic E-state index is 13.0. The zero-order valence-corrected chi connectivity index (χ0v) is 21.7. The molecule has 4 aliphatic rings. The zero-order valence-electron chi connectivity index (χ0n) is 21.0. The number of hydrogen-bond acceptors (Lipinski definition) is 7. The summed E-state index contributed by atoms with van der Waals surface area (Å²) < 4.78 is 5.84. The van der Waals surface area contributed by atoms with E-state index in [2.05, 4.69) is 28.0 Å². The fraction of sp³-hybridized carbons (Fsp3) is 0.920. The zero-order chi connectivity index (χ0) is 24.1. The van der Waals surface area contributed by atoms with Gasteiger partial charge in [-0.1, -0.05) is 6.42 Å². The fourth-order valence-electron chi connectivity index (χ4n) is 6.60. The average molecular weight is 497 g/mol. The molecule has 6 atom stereocenters. The third-order valence-corrected chi connectivity index (χ3v) is 8.86. The Kier molecular flexibility index (Phi) is 9.64. The van der Waals surface area contributed by atoms with E-state index < -0.39 is 0 Å². The number of hydrazine groups is 1. The first-order chi connectivity index (χ1) is 16.5. The second kappa shape index (κ2) is 12.5. The van der Waals surface area contributed by atoms with E-state index in [1.807, 2.05) is 7.11 Å². The summed E-state index contributed by atoms with van der Waals surface area (Å²) in [6, 6.07) is 0.294. The van der Waals surface area contributed by atoms with Gasteiger partial charge >= 0.3 is 0 Å². The molecule has 9 heteroatoms. The number of hydrogen-bond donors (Lipinski definition) is 4. The summed E-state index contributed by atoms with van der Waals surface area (Å²) in [5.74, 6) is 0.918. The number of carbonyl (C=O) groups is 1. The van der Waals surface area contributed by atoms with Crippen LogP contribution in [0.3, 0.4) is 0 Å². The van der Waals surface area contributed by atoms with E-state index in [-0.39, 0.29) is 35.8 Å². The van der Waals surface area contributed by atoms with Crippen molar-refractivity contribution in [3.8, 4) is 0 Å². The van der Waals surface area contributed by atoms with Crippen molar-refractivity contribution in [2.75, 3.05) is 20.2 Å². The Morgan fingerprint density at radius 1 is 1.18 bits per heavy atom. The van der Waals surface area contributed by atoms with Crippen molar-refractivity contribution in [2.24, 2.45) is 22.6 Å². The van der Waals surface area contributed by atoms with Crippen LogP contribution >= 0.6 is 11.6 Å². The van der Waals surface area contributed by atoms with Crippen molar-refractivity contribution in [2.45, 2.75) is 113 Å². The standard InChI is InChI=1S/C25H45ClN6O2/c1-16-30-31-25-21(15-23(33)28-13-5-3-4-12-27)29-24(17-6-8-18(26)9-7-17)20-14-19(34-2)10-11-22(20)32(16)25/h16-22,25,30-31H,3-15,27H2,1-2H3,(H,28,33)/t16?,17?,18?,19?,20?,21-,22?,25?/m0/s1. The minimum absolute atomic E-state index is 0.0199. The smallest absolute Gasteiger partial charge is 0.222 e. The molecule has 2 aliphatic heterocycles. The molecule has 0 aromatic carbocycles. The first kappa shape index (κ1) is 26.3. The SMILES string of the molecule is COC1CCC2C(C1)C(C1CCC(Cl)CC1)=N[C@@H](CC(=O)NCCCCCN)C1NNC(C)N21. The molecule has 4 rings (SSSR count). The maximum absolute atomic E-state index is 13.0. The van der Waals surface area contributed by atoms with Gasteiger partial charge in [0.1, 0.15) is 0 Å². The number of ether oxygens (including phenoxy) is 1. The van der Waals surface area contributed by atoms with Crippen LogP contribution in [0, 0.1) is 11.8 Å². The van der Waals surface area contributed by atoms with Gasteiger partial charge in [0, 0.05) is 36.7 Å². The van der Waals surface area contributed by atoms with E-state index in [4.69, 9.17) is 27.1 Å². The van der Waals surface area contributed by atoms with E-state index in [1.54, 1.807) is 0 Å². The summed E-state index contributed by atoms with van der Waals surface area (Å²) in [4.78, 5) is 21.0. The van der Waals surface area contributed by atoms with Crippen molar-refractivity contribution in [3.05, 3.63) is 0 Å². The van der Waals surface area contributed by atoms with Gasteiger partial charge in [0.15, 0.2) is 0 Å². The summed E-state index contributed by atoms with van der Waals surface area (Å²) in [5, 5.41) is 3.41. The van der Waals surface area contributed by atoms with Crippen LogP contribution in [0.2, 0.25) is 0 Å². The third-order valence-electron chi connectivity index (χ3n) is 8.42. The molecule has 2 heterocycles. The molecular formula is C25H45ClN6O2. The van der Waals surface area contributed by atoms with Gasteiger partial charge < -0.3 is 15.8 Å². The van der Waals surface area contributed by atoms with Crippen LogP contribution in [0.1, 0.15) is 77.6 Å². The predicted molar refractivity (Wildman–Crippen MR) is 137 cm³/mol. The molecule has 0 bridgehead atoms. The second-order valence-electron chi connectivity index (χ2n) is 10.7. The quantitative estimate of drug-likeness (QED) is 0.289. The van der Waals surface area contributed by atoms with Crippen molar-refractivity contribution < 1.29 is 9.53 Å². The molecule has 2 aliphatic carbocycles. The average Bonchev–Trinajstić information content (AvgIpc) is 3.16. The topological polar surface area (TPSA) is 104 Å². The number of nitrogens with zero attached hydrogens (tertiary/aromatic N) is 2. The Labute approximate surface area is 210 Å². The molecule has 0 aromatic rings. The molecule has 1 saturated heterocycles. The van der Waals surface area contributed by atoms with Crippen molar-refractivity contribution in [1.82, 2.24) is 21.1 Å². The van der Waals surface area contributed by atoms with Crippen LogP contribution in [0.25, 0.3) is 0 Å². The summed E-state index contributed by atoms with van der Waals surface area (Å²) >= 11 is 6.46. The van der Waals surface area contributed by atoms with Crippen molar-refractivity contribution in [3.63, 3.8) is 0 Å². The Morgan fingerprint density at radius 3 is 2.71 bits per heavy atom. The highest BCUT2D eigenvalue weighted by Gasteiger charge is 2.49. The minimum Gasteiger partial charge on any atom is -0.381 e. The fourth-order valence-corrected chi connectivity index (χ4v) is 6.85. The van der Waals surface area contributed by atoms with Gasteiger partial charge in [0.25, 0.3) is 0 Å². The maximum Gasteiger partial charge on any atom is 0.222 e. The van der Waals surface area contributed by atoms with Crippen molar-refractivity contribution in [1.29, 1.82) is 0 Å². The summed E-state index contributed by atoms with van der Waals surface area (Å²) in [5.41, 5.74) is 13.8. The predicted octanol–water partition coefficient (Wildman–Crippen LogP) is 2.51. The number of aliphatic imine (C=N–C) groups is 1. The Balaban J connectivity index is 1.56. The number of rotatable bonds is 9. The van der Waals surface area contributed by atoms with Gasteiger partial charge in [0.2, 0.25) is 5.91 Å². The number of carbonyl (C=O) groups excluding carboxylic acids is 1. The van der Waals surface area contributed by atoms with E-state index in [0.717, 1.165) is 64.2 Å². The molecular weight excluding hydrogens is 452 g/mol. The lowest BCUT2D eigenvalue weighted by molar-refractivity contribution is -0.121. The number of nitrogens with one attached hydrogen (secondary N) is 3. The van der Waals surface area contributed by atoms with Gasteiger partial charge in [-0.2, -0.15) is 0 Å². The molecule has 1 amide bonds. The van der Waals surface area contributed by atoms with Gasteiger partial charge in [0.05, 0.1) is 30.9 Å². The third kappa shape index (κ3) is 6.13. The monoisotopic (exact) mass is 496 g/mol. The Bertz CT molecular complexity index is 701. The normalized spacial score (nSPS) is 38.5. The highest BCUT2D eigenvalue weighted by molar-refractivity contribution is 6.20. The van der Waals surface area contributed by atoms with Crippen LogP contribution in [0.4, 0.5) is 0 Å². The van der Waals surface area contributed by atoms with Gasteiger partial charge in [-0.05, 0) is 77.2 Å². The second-order valence-corrected chi connectivity index (χ2v) is 11.3. The van der Waals surface area contributed by atoms with E-state index >= 15 is 0 Å². The Morgan fingerprint density at radius 2 is 1.97 bits per heavy atom. The first-order valence-corrected chi connectivity index (χ1v) is 13.9. The molecule has 0 radical (unpaired) electrons. The summed E-state index contributed by atoms with van der Waals surface area (Å²) in [6.07, 6.45) is 11.4. The van der Waals surface area contributed by atoms with E-state index in [1.165, 1.54) is 5.71 Å². The number of unbranched alkanes of at least 4 members (excludes halogenated alkanes) is 2. The molecule has 5 unspecified atom stereocenters. The van der Waals surface area contributed by atoms with Gasteiger partial charge in [-0.25, -0.2) is 10.9 Å². The van der Waals surface area contributed by atoms with E-state index in [0.29, 0.717) is 37.4 Å². The number of nitrogens with two attached hydrogens (primary N) is 1. The molecule has 0 spiro atoms. The van der Waals surface area contributed by atoms with Crippen LogP contribution < -0.4 is 21.9 Å². The number of halogens is 1. The lowest BCUT2D eigenvalue weighted by Gasteiger charge is -2.44. The molecule has 5 N–H and O–H groups in total. The molecule has 2 saturated carbocycles. The number of amides is 1. The van der Waals surface area contributed by atoms with Gasteiger partial charge in [-0.3, -0.25) is 14.7 Å². The molecule has 3 fully saturated rings. The van der Waals surface area contributed by atoms with Crippen LogP contribution in [0.15, 0.2) is 4.99 Å². The number of methoxy groups -OCH3 is 1. The van der Waals surface area contributed by atoms with Crippen LogP contribution in [-0.4, -0.2) is 72.6 Å². The lowest BCUT2D eigenvalue weighted by Crippen LogP contribution is -2.55. The molecule has 194 valence electrons. The van der Waals surface area contributed by atoms with Crippen molar-refractivity contribution >= 4 is 23.2 Å². The lowest BCUT2D eigenvalue weighted by atomic mass is 9.72. The highest BCUT2D eigenvalue weighted by Crippen LogP contribution is 2.41. The van der Waals surface area contributed by atoms with Crippen LogP contribution in [0.5, 0.6) is 0 Å². The highest BCUT2D eigenvalue weighted by atomic mass is 35.5. The minimum atomic E-state index is -0.114. The summed E-state index contributed by atoms with van der Waals surface area (Å²) in [7, 11) is 1.84. The Hall–Kier alpha value is -0.770. The number of fused-ring (bicyclic) bond motifs is 3.